The third kappa shape index (κ3) is 8.66. The van der Waals surface area contributed by atoms with E-state index in [-0.39, 0.29) is 11.5 Å². The Morgan fingerprint density at radius 1 is 1.12 bits per heavy atom. The number of ether oxygens (including phenoxy) is 2. The van der Waals surface area contributed by atoms with Gasteiger partial charge in [0.15, 0.2) is 0 Å². The maximum absolute atomic E-state index is 12.1. The first-order valence-electron chi connectivity index (χ1n) is 7.45. The highest BCUT2D eigenvalue weighted by Crippen LogP contribution is 2.06. The van der Waals surface area contributed by atoms with Gasteiger partial charge < -0.3 is 25.4 Å². The van der Waals surface area contributed by atoms with E-state index in [1.54, 1.807) is 27.7 Å². The third-order valence-electron chi connectivity index (χ3n) is 2.69. The van der Waals surface area contributed by atoms with Gasteiger partial charge in [-0.2, -0.15) is 0 Å². The first-order chi connectivity index (χ1) is 10.8. The topological polar surface area (TPSA) is 106 Å². The van der Waals surface area contributed by atoms with Crippen molar-refractivity contribution < 1.29 is 23.9 Å². The molecule has 2 amide bonds. The highest BCUT2D eigenvalue weighted by atomic mass is 32.1. The maximum Gasteiger partial charge on any atom is 0.408 e. The lowest BCUT2D eigenvalue weighted by Crippen LogP contribution is -2.56. The second-order valence-electron chi connectivity index (χ2n) is 6.75. The van der Waals surface area contributed by atoms with Gasteiger partial charge in [0, 0.05) is 0 Å². The molecule has 0 bridgehead atoms. The van der Waals surface area contributed by atoms with Crippen molar-refractivity contribution in [3.8, 4) is 0 Å². The van der Waals surface area contributed by atoms with Crippen LogP contribution in [-0.4, -0.2) is 53.8 Å². The number of carbonyl (C=O) groups is 3. The molecule has 0 aliphatic carbocycles. The van der Waals surface area contributed by atoms with E-state index in [4.69, 9.17) is 17.0 Å². The van der Waals surface area contributed by atoms with Crippen molar-refractivity contribution in [3.63, 3.8) is 0 Å². The van der Waals surface area contributed by atoms with Crippen LogP contribution in [-0.2, 0) is 19.1 Å². The number of hydrogen-bond acceptors (Lipinski definition) is 6. The Morgan fingerprint density at radius 3 is 2.12 bits per heavy atom. The maximum atomic E-state index is 12.1. The van der Waals surface area contributed by atoms with E-state index in [1.807, 2.05) is 0 Å². The SMILES string of the molecule is COC(=O)C(C)(C)NC(=O)[C@H](C)NC(=S)CNC(=O)OC(C)(C)C. The van der Waals surface area contributed by atoms with Crippen LogP contribution in [0.25, 0.3) is 0 Å². The van der Waals surface area contributed by atoms with Crippen molar-refractivity contribution in [1.82, 2.24) is 16.0 Å². The number of carbonyl (C=O) groups excluding carboxylic acids is 3. The summed E-state index contributed by atoms with van der Waals surface area (Å²) in [4.78, 5) is 35.4. The second-order valence-corrected chi connectivity index (χ2v) is 7.24. The highest BCUT2D eigenvalue weighted by molar-refractivity contribution is 7.80. The first-order valence-corrected chi connectivity index (χ1v) is 7.86. The van der Waals surface area contributed by atoms with Crippen LogP contribution in [0.4, 0.5) is 4.79 Å². The zero-order chi connectivity index (χ0) is 19.1. The van der Waals surface area contributed by atoms with Crippen LogP contribution >= 0.6 is 12.2 Å². The van der Waals surface area contributed by atoms with Gasteiger partial charge in [0.05, 0.1) is 18.6 Å². The van der Waals surface area contributed by atoms with E-state index in [9.17, 15) is 14.4 Å². The van der Waals surface area contributed by atoms with E-state index in [2.05, 4.69) is 20.7 Å². The molecule has 0 aliphatic heterocycles. The molecule has 138 valence electrons. The molecule has 0 unspecified atom stereocenters. The number of alkyl carbamates (subject to hydrolysis) is 1. The average Bonchev–Trinajstić information content (AvgIpc) is 2.41. The molecule has 0 aromatic carbocycles. The summed E-state index contributed by atoms with van der Waals surface area (Å²) < 4.78 is 9.70. The lowest BCUT2D eigenvalue weighted by atomic mass is 10.1. The van der Waals surface area contributed by atoms with Crippen LogP contribution < -0.4 is 16.0 Å². The highest BCUT2D eigenvalue weighted by Gasteiger charge is 2.32. The summed E-state index contributed by atoms with van der Waals surface area (Å²) in [7, 11) is 1.25. The Morgan fingerprint density at radius 2 is 1.67 bits per heavy atom. The van der Waals surface area contributed by atoms with Gasteiger partial charge in [-0.15, -0.1) is 0 Å². The number of amides is 2. The van der Waals surface area contributed by atoms with Crippen molar-refractivity contribution in [2.75, 3.05) is 13.7 Å². The molecule has 24 heavy (non-hydrogen) atoms. The Balaban J connectivity index is 4.38. The summed E-state index contributed by atoms with van der Waals surface area (Å²) in [6.45, 7) is 9.93. The van der Waals surface area contributed by atoms with E-state index in [0.717, 1.165) is 0 Å². The molecule has 1 atom stereocenters. The molecule has 0 saturated heterocycles. The standard InChI is InChI=1S/C15H27N3O5S/c1-9(11(19)18-15(5,6)12(20)22-7)17-10(24)8-16-13(21)23-14(2,3)4/h9H,8H2,1-7H3,(H,16,21)(H,17,24)(H,18,19)/t9-/m0/s1. The number of methoxy groups -OCH3 is 1. The number of hydrogen-bond donors (Lipinski definition) is 3. The Labute approximate surface area is 148 Å². The number of thiocarbonyl (C=S) groups is 1. The van der Waals surface area contributed by atoms with Crippen LogP contribution in [0.5, 0.6) is 0 Å². The van der Waals surface area contributed by atoms with E-state index in [1.165, 1.54) is 21.0 Å². The molecule has 0 aromatic heterocycles. The summed E-state index contributed by atoms with van der Waals surface area (Å²) >= 11 is 5.07. The third-order valence-corrected chi connectivity index (χ3v) is 2.96. The lowest BCUT2D eigenvalue weighted by molar-refractivity contribution is -0.149. The molecule has 8 nitrogen and oxygen atoms in total. The van der Waals surface area contributed by atoms with E-state index < -0.39 is 35.2 Å². The van der Waals surface area contributed by atoms with Crippen molar-refractivity contribution >= 4 is 35.2 Å². The molecular formula is C15H27N3O5S. The van der Waals surface area contributed by atoms with Crippen LogP contribution in [0.2, 0.25) is 0 Å². The largest absolute Gasteiger partial charge is 0.467 e. The fourth-order valence-electron chi connectivity index (χ4n) is 1.55. The van der Waals surface area contributed by atoms with Crippen molar-refractivity contribution in [2.24, 2.45) is 0 Å². The normalized spacial score (nSPS) is 12.6. The van der Waals surface area contributed by atoms with Crippen LogP contribution in [0, 0.1) is 0 Å². The van der Waals surface area contributed by atoms with E-state index >= 15 is 0 Å². The number of nitrogens with one attached hydrogen (secondary N) is 3. The molecule has 3 N–H and O–H groups in total. The van der Waals surface area contributed by atoms with Gasteiger partial charge in [-0.05, 0) is 41.5 Å². The summed E-state index contributed by atoms with van der Waals surface area (Å²) in [5.41, 5.74) is -1.76. The molecular weight excluding hydrogens is 334 g/mol. The Kier molecular flexibility index (Phi) is 8.12. The van der Waals surface area contributed by atoms with Gasteiger partial charge in [-0.25, -0.2) is 9.59 Å². The van der Waals surface area contributed by atoms with Crippen molar-refractivity contribution in [2.45, 2.75) is 58.7 Å². The molecule has 0 aromatic rings. The number of rotatable bonds is 6. The van der Waals surface area contributed by atoms with Gasteiger partial charge in [-0.1, -0.05) is 12.2 Å². The van der Waals surface area contributed by atoms with Gasteiger partial charge in [0.1, 0.15) is 17.2 Å². The molecule has 9 heteroatoms. The molecule has 0 saturated carbocycles. The molecule has 0 fully saturated rings. The molecule has 0 heterocycles. The Bertz CT molecular complexity index is 500. The summed E-state index contributed by atoms with van der Waals surface area (Å²) in [6.07, 6.45) is -0.601. The monoisotopic (exact) mass is 361 g/mol. The van der Waals surface area contributed by atoms with Crippen LogP contribution in [0.3, 0.4) is 0 Å². The van der Waals surface area contributed by atoms with Crippen molar-refractivity contribution in [1.29, 1.82) is 0 Å². The van der Waals surface area contributed by atoms with Crippen LogP contribution in [0.15, 0.2) is 0 Å². The van der Waals surface area contributed by atoms with Gasteiger partial charge in [0.25, 0.3) is 0 Å². The minimum atomic E-state index is -1.15. The predicted molar refractivity (Wildman–Crippen MR) is 93.7 cm³/mol. The quantitative estimate of drug-likeness (QED) is 0.476. The van der Waals surface area contributed by atoms with Gasteiger partial charge in [0.2, 0.25) is 5.91 Å². The van der Waals surface area contributed by atoms with Gasteiger partial charge >= 0.3 is 12.1 Å². The number of esters is 1. The summed E-state index contributed by atoms with van der Waals surface area (Å²) in [6, 6.07) is -0.693. The fourth-order valence-corrected chi connectivity index (χ4v) is 1.80. The smallest absolute Gasteiger partial charge is 0.408 e. The summed E-state index contributed by atoms with van der Waals surface area (Å²) in [5, 5.41) is 7.82. The summed E-state index contributed by atoms with van der Waals surface area (Å²) in [5.74, 6) is -0.984. The molecule has 0 radical (unpaired) electrons. The average molecular weight is 361 g/mol. The second kappa shape index (κ2) is 8.81. The predicted octanol–water partition coefficient (Wildman–Crippen LogP) is 0.884. The molecule has 0 aliphatic rings. The molecule has 0 spiro atoms. The lowest BCUT2D eigenvalue weighted by Gasteiger charge is -2.26. The first kappa shape index (κ1) is 22.1. The van der Waals surface area contributed by atoms with E-state index in [0.29, 0.717) is 0 Å². The fraction of sp³-hybridized carbons (Fsp3) is 0.733. The van der Waals surface area contributed by atoms with Crippen molar-refractivity contribution in [3.05, 3.63) is 0 Å². The minimum Gasteiger partial charge on any atom is -0.467 e. The zero-order valence-electron chi connectivity index (χ0n) is 15.2. The Hall–Kier alpha value is -1.90. The molecule has 0 rings (SSSR count). The van der Waals surface area contributed by atoms with Crippen LogP contribution in [0.1, 0.15) is 41.5 Å². The van der Waals surface area contributed by atoms with Gasteiger partial charge in [-0.3, -0.25) is 4.79 Å². The minimum absolute atomic E-state index is 0.0300. The zero-order valence-corrected chi connectivity index (χ0v) is 16.1.